The van der Waals surface area contributed by atoms with Gasteiger partial charge in [0, 0.05) is 23.5 Å². The lowest BCUT2D eigenvalue weighted by molar-refractivity contribution is 0.381. The molecule has 1 heterocycles. The van der Waals surface area contributed by atoms with Gasteiger partial charge in [-0.3, -0.25) is 0 Å². The number of ether oxygens (including phenoxy) is 1. The van der Waals surface area contributed by atoms with E-state index in [1.807, 2.05) is 6.92 Å². The van der Waals surface area contributed by atoms with Crippen molar-refractivity contribution in [3.63, 3.8) is 0 Å². The van der Waals surface area contributed by atoms with E-state index in [4.69, 9.17) is 4.74 Å². The normalized spacial score (nSPS) is 12.2. The second-order valence-electron chi connectivity index (χ2n) is 4.03. The van der Waals surface area contributed by atoms with Crippen molar-refractivity contribution in [2.45, 2.75) is 13.0 Å². The van der Waals surface area contributed by atoms with Gasteiger partial charge >= 0.3 is 0 Å². The lowest BCUT2D eigenvalue weighted by Gasteiger charge is -2.19. The molecule has 5 heteroatoms. The van der Waals surface area contributed by atoms with Crippen molar-refractivity contribution in [2.24, 2.45) is 0 Å². The highest BCUT2D eigenvalue weighted by atomic mass is 19.1. The standard InChI is InChI=1S/C14H16FN3O/c1-3-18-14(10-7-16-9-17-8-10)11-5-4-6-12(19-2)13(11)15/h4-9,14,18H,3H2,1-2H3. The lowest BCUT2D eigenvalue weighted by atomic mass is 10.00. The topological polar surface area (TPSA) is 47.0 Å². The minimum absolute atomic E-state index is 0.234. The van der Waals surface area contributed by atoms with Crippen molar-refractivity contribution in [2.75, 3.05) is 13.7 Å². The Morgan fingerprint density at radius 2 is 2.05 bits per heavy atom. The van der Waals surface area contributed by atoms with Crippen molar-refractivity contribution < 1.29 is 9.13 Å². The number of hydrogen-bond acceptors (Lipinski definition) is 4. The van der Waals surface area contributed by atoms with E-state index >= 15 is 0 Å². The molecule has 1 unspecified atom stereocenters. The molecule has 0 aliphatic carbocycles. The van der Waals surface area contributed by atoms with Crippen molar-refractivity contribution in [3.8, 4) is 5.75 Å². The van der Waals surface area contributed by atoms with Crippen LogP contribution >= 0.6 is 0 Å². The summed E-state index contributed by atoms with van der Waals surface area (Å²) in [5, 5.41) is 3.23. The third-order valence-corrected chi connectivity index (χ3v) is 2.85. The second kappa shape index (κ2) is 6.24. The second-order valence-corrected chi connectivity index (χ2v) is 4.03. The maximum Gasteiger partial charge on any atom is 0.170 e. The van der Waals surface area contributed by atoms with Gasteiger partial charge in [-0.25, -0.2) is 14.4 Å². The number of nitrogens with zero attached hydrogens (tertiary/aromatic N) is 2. The zero-order valence-electron chi connectivity index (χ0n) is 10.9. The molecule has 2 rings (SSSR count). The SMILES string of the molecule is CCNC(c1cncnc1)c1cccc(OC)c1F. The van der Waals surface area contributed by atoms with E-state index in [9.17, 15) is 4.39 Å². The van der Waals surface area contributed by atoms with Crippen molar-refractivity contribution in [1.82, 2.24) is 15.3 Å². The van der Waals surface area contributed by atoms with Crippen LogP contribution in [0.3, 0.4) is 0 Å². The number of benzene rings is 1. The van der Waals surface area contributed by atoms with Gasteiger partial charge in [0.05, 0.1) is 13.2 Å². The van der Waals surface area contributed by atoms with Crippen LogP contribution in [0.25, 0.3) is 0 Å². The number of methoxy groups -OCH3 is 1. The van der Waals surface area contributed by atoms with Gasteiger partial charge in [0.2, 0.25) is 0 Å². The van der Waals surface area contributed by atoms with Crippen LogP contribution in [0.1, 0.15) is 24.1 Å². The van der Waals surface area contributed by atoms with Gasteiger partial charge in [0.25, 0.3) is 0 Å². The molecule has 0 amide bonds. The van der Waals surface area contributed by atoms with E-state index in [1.54, 1.807) is 30.6 Å². The fourth-order valence-electron chi connectivity index (χ4n) is 1.98. The maximum absolute atomic E-state index is 14.3. The number of aromatic nitrogens is 2. The largest absolute Gasteiger partial charge is 0.494 e. The quantitative estimate of drug-likeness (QED) is 0.897. The zero-order valence-corrected chi connectivity index (χ0v) is 10.9. The molecule has 1 atom stereocenters. The summed E-state index contributed by atoms with van der Waals surface area (Å²) in [6.45, 7) is 2.67. The fourth-order valence-corrected chi connectivity index (χ4v) is 1.98. The van der Waals surface area contributed by atoms with Crippen LogP contribution in [0.2, 0.25) is 0 Å². The molecular formula is C14H16FN3O. The highest BCUT2D eigenvalue weighted by Crippen LogP contribution is 2.28. The highest BCUT2D eigenvalue weighted by molar-refractivity contribution is 5.37. The molecule has 0 saturated heterocycles. The predicted octanol–water partition coefficient (Wildman–Crippen LogP) is 2.32. The van der Waals surface area contributed by atoms with Gasteiger partial charge in [-0.15, -0.1) is 0 Å². The van der Waals surface area contributed by atoms with E-state index in [0.29, 0.717) is 12.1 Å². The van der Waals surface area contributed by atoms with Gasteiger partial charge in [0.15, 0.2) is 11.6 Å². The minimum Gasteiger partial charge on any atom is -0.494 e. The van der Waals surface area contributed by atoms with Gasteiger partial charge in [-0.1, -0.05) is 19.1 Å². The fraction of sp³-hybridized carbons (Fsp3) is 0.286. The van der Waals surface area contributed by atoms with E-state index < -0.39 is 0 Å². The molecule has 19 heavy (non-hydrogen) atoms. The van der Waals surface area contributed by atoms with Crippen LogP contribution in [0.15, 0.2) is 36.9 Å². The molecule has 2 aromatic rings. The Morgan fingerprint density at radius 1 is 1.32 bits per heavy atom. The minimum atomic E-state index is -0.361. The van der Waals surface area contributed by atoms with Crippen LogP contribution in [0, 0.1) is 5.82 Å². The Hall–Kier alpha value is -2.01. The summed E-state index contributed by atoms with van der Waals surface area (Å²) in [4.78, 5) is 7.96. The van der Waals surface area contributed by atoms with Crippen molar-refractivity contribution in [1.29, 1.82) is 0 Å². The summed E-state index contributed by atoms with van der Waals surface area (Å²) in [5.41, 5.74) is 1.34. The van der Waals surface area contributed by atoms with Crippen LogP contribution in [0.5, 0.6) is 5.75 Å². The third-order valence-electron chi connectivity index (χ3n) is 2.85. The molecule has 0 radical (unpaired) electrons. The average Bonchev–Trinajstić information content (AvgIpc) is 2.46. The van der Waals surface area contributed by atoms with Gasteiger partial charge in [-0.05, 0) is 12.6 Å². The van der Waals surface area contributed by atoms with Crippen LogP contribution in [0.4, 0.5) is 4.39 Å². The molecule has 0 spiro atoms. The first-order chi connectivity index (χ1) is 9.27. The van der Waals surface area contributed by atoms with Crippen molar-refractivity contribution >= 4 is 0 Å². The van der Waals surface area contributed by atoms with E-state index in [1.165, 1.54) is 13.4 Å². The summed E-state index contributed by atoms with van der Waals surface area (Å²) >= 11 is 0. The molecule has 100 valence electrons. The molecule has 4 nitrogen and oxygen atoms in total. The first-order valence-corrected chi connectivity index (χ1v) is 6.08. The first kappa shape index (κ1) is 13.4. The molecular weight excluding hydrogens is 245 g/mol. The molecule has 0 aliphatic rings. The van der Waals surface area contributed by atoms with Crippen LogP contribution < -0.4 is 10.1 Å². The van der Waals surface area contributed by atoms with Gasteiger partial charge < -0.3 is 10.1 Å². The van der Waals surface area contributed by atoms with Gasteiger partial charge in [-0.2, -0.15) is 0 Å². The Morgan fingerprint density at radius 3 is 2.68 bits per heavy atom. The summed E-state index contributed by atoms with van der Waals surface area (Å²) in [6.07, 6.45) is 4.81. The predicted molar refractivity (Wildman–Crippen MR) is 70.5 cm³/mol. The molecule has 0 aliphatic heterocycles. The molecule has 0 fully saturated rings. The molecule has 0 saturated carbocycles. The Kier molecular flexibility index (Phi) is 4.41. The Balaban J connectivity index is 2.45. The smallest absolute Gasteiger partial charge is 0.170 e. The number of rotatable bonds is 5. The van der Waals surface area contributed by atoms with Crippen LogP contribution in [-0.4, -0.2) is 23.6 Å². The summed E-state index contributed by atoms with van der Waals surface area (Å²) in [7, 11) is 1.45. The maximum atomic E-state index is 14.3. The summed E-state index contributed by atoms with van der Waals surface area (Å²) in [5.74, 6) is -0.128. The third kappa shape index (κ3) is 2.88. The Bertz CT molecular complexity index is 533. The molecule has 1 N–H and O–H groups in total. The molecule has 1 aromatic heterocycles. The Labute approximate surface area is 111 Å². The molecule has 0 bridgehead atoms. The first-order valence-electron chi connectivity index (χ1n) is 6.08. The van der Waals surface area contributed by atoms with E-state index in [2.05, 4.69) is 15.3 Å². The van der Waals surface area contributed by atoms with E-state index in [-0.39, 0.29) is 17.6 Å². The highest BCUT2D eigenvalue weighted by Gasteiger charge is 2.19. The number of halogens is 1. The number of hydrogen-bond donors (Lipinski definition) is 1. The van der Waals surface area contributed by atoms with Crippen molar-refractivity contribution in [3.05, 3.63) is 53.9 Å². The monoisotopic (exact) mass is 261 g/mol. The van der Waals surface area contributed by atoms with Crippen LogP contribution in [-0.2, 0) is 0 Å². The summed E-state index contributed by atoms with van der Waals surface area (Å²) < 4.78 is 19.3. The number of nitrogens with one attached hydrogen (secondary N) is 1. The summed E-state index contributed by atoms with van der Waals surface area (Å²) in [6, 6.07) is 4.81. The van der Waals surface area contributed by atoms with Gasteiger partial charge in [0.1, 0.15) is 6.33 Å². The zero-order chi connectivity index (χ0) is 13.7. The lowest BCUT2D eigenvalue weighted by Crippen LogP contribution is -2.23. The average molecular weight is 261 g/mol. The van der Waals surface area contributed by atoms with E-state index in [0.717, 1.165) is 5.56 Å². The molecule has 1 aromatic carbocycles.